The van der Waals surface area contributed by atoms with Gasteiger partial charge in [0, 0.05) is 5.56 Å². The van der Waals surface area contributed by atoms with E-state index >= 15 is 0 Å². The minimum Gasteiger partial charge on any atom is -0.493 e. The van der Waals surface area contributed by atoms with E-state index in [2.05, 4.69) is 70.3 Å². The third kappa shape index (κ3) is 10.7. The summed E-state index contributed by atoms with van der Waals surface area (Å²) in [6.45, 7) is 13.0. The summed E-state index contributed by atoms with van der Waals surface area (Å²) in [5.41, 5.74) is 4.00. The maximum Gasteiger partial charge on any atom is 0.192 e. The maximum absolute atomic E-state index is 7.23. The fourth-order valence-electron chi connectivity index (χ4n) is 5.75. The van der Waals surface area contributed by atoms with Crippen LogP contribution in [0.25, 0.3) is 0 Å². The minimum absolute atomic E-state index is 0.0550. The van der Waals surface area contributed by atoms with Gasteiger partial charge in [-0.2, -0.15) is 0 Å². The standard InChI is InChI=1S/C42H54O8Si/c1-42(2,3)51(6,7)50-38(29-45-26-31-17-11-8-12-18-31)40(47-28-33-21-15-10-16-22-33)39(46-27-32-19-13-9-14-20-32)37-30-48-41(49-37)34-23-24-35(43-4)36(25-34)44-5/h8-25,37-41H,26-30H2,1-7H3/t37-,38+,39+,40+,41?/m0/s1. The number of hydrogen-bond acceptors (Lipinski definition) is 8. The number of rotatable bonds is 18. The van der Waals surface area contributed by atoms with E-state index in [1.54, 1.807) is 14.2 Å². The smallest absolute Gasteiger partial charge is 0.192 e. The van der Waals surface area contributed by atoms with Crippen LogP contribution in [0.1, 0.15) is 49.3 Å². The van der Waals surface area contributed by atoms with E-state index in [1.165, 1.54) is 0 Å². The molecule has 0 amide bonds. The number of ether oxygens (including phenoxy) is 7. The highest BCUT2D eigenvalue weighted by Crippen LogP contribution is 2.40. The summed E-state index contributed by atoms with van der Waals surface area (Å²) in [4.78, 5) is 0. The molecule has 4 aromatic carbocycles. The average molecular weight is 715 g/mol. The van der Waals surface area contributed by atoms with Gasteiger partial charge in [-0.25, -0.2) is 0 Å². The fourth-order valence-corrected chi connectivity index (χ4v) is 7.06. The van der Waals surface area contributed by atoms with Crippen LogP contribution in [0.4, 0.5) is 0 Å². The van der Waals surface area contributed by atoms with Gasteiger partial charge in [0.25, 0.3) is 0 Å². The highest BCUT2D eigenvalue weighted by atomic mass is 28.4. The summed E-state index contributed by atoms with van der Waals surface area (Å²) in [5, 5.41) is -0.0550. The van der Waals surface area contributed by atoms with E-state index in [0.29, 0.717) is 44.5 Å². The molecule has 51 heavy (non-hydrogen) atoms. The molecule has 0 saturated carbocycles. The number of benzene rings is 4. The highest BCUT2D eigenvalue weighted by molar-refractivity contribution is 6.74. The van der Waals surface area contributed by atoms with E-state index in [9.17, 15) is 0 Å². The Balaban J connectivity index is 1.50. The second-order valence-electron chi connectivity index (χ2n) is 14.4. The van der Waals surface area contributed by atoms with Gasteiger partial charge in [-0.05, 0) is 47.0 Å². The largest absolute Gasteiger partial charge is 0.493 e. The summed E-state index contributed by atoms with van der Waals surface area (Å²) in [7, 11) is 0.894. The Hall–Kier alpha value is -3.54. The van der Waals surface area contributed by atoms with Crippen LogP contribution in [0.2, 0.25) is 18.1 Å². The molecule has 1 aliphatic heterocycles. The molecule has 0 bridgehead atoms. The molecule has 0 aromatic heterocycles. The summed E-state index contributed by atoms with van der Waals surface area (Å²) in [5.74, 6) is 1.24. The van der Waals surface area contributed by atoms with Gasteiger partial charge >= 0.3 is 0 Å². The fraction of sp³-hybridized carbons (Fsp3) is 0.429. The first-order valence-corrected chi connectivity index (χ1v) is 20.6. The molecule has 4 aromatic rings. The maximum atomic E-state index is 7.23. The summed E-state index contributed by atoms with van der Waals surface area (Å²) in [6.07, 6.45) is -2.73. The molecule has 0 N–H and O–H groups in total. The van der Waals surface area contributed by atoms with Crippen LogP contribution in [-0.4, -0.2) is 60.2 Å². The first kappa shape index (κ1) is 38.7. The Morgan fingerprint density at radius 3 is 1.80 bits per heavy atom. The van der Waals surface area contributed by atoms with Crippen molar-refractivity contribution in [2.45, 2.75) is 89.4 Å². The van der Waals surface area contributed by atoms with Crippen LogP contribution in [0.15, 0.2) is 109 Å². The monoisotopic (exact) mass is 714 g/mol. The zero-order chi connectivity index (χ0) is 36.3. The normalized spacial score (nSPS) is 18.3. The second kappa shape index (κ2) is 18.3. The molecule has 0 spiro atoms. The van der Waals surface area contributed by atoms with Crippen molar-refractivity contribution in [3.05, 3.63) is 131 Å². The molecule has 1 fully saturated rings. The first-order valence-electron chi connectivity index (χ1n) is 17.7. The molecule has 0 aliphatic carbocycles. The Morgan fingerprint density at radius 2 is 1.25 bits per heavy atom. The van der Waals surface area contributed by atoms with Crippen molar-refractivity contribution in [2.75, 3.05) is 27.4 Å². The van der Waals surface area contributed by atoms with Gasteiger partial charge in [0.05, 0.1) is 53.4 Å². The third-order valence-electron chi connectivity index (χ3n) is 9.66. The van der Waals surface area contributed by atoms with Crippen LogP contribution in [-0.2, 0) is 47.9 Å². The van der Waals surface area contributed by atoms with Gasteiger partial charge < -0.3 is 37.6 Å². The van der Waals surface area contributed by atoms with Gasteiger partial charge in [-0.1, -0.05) is 118 Å². The van der Waals surface area contributed by atoms with Crippen LogP contribution in [0.3, 0.4) is 0 Å². The average Bonchev–Trinajstić information content (AvgIpc) is 3.63. The summed E-state index contributed by atoms with van der Waals surface area (Å²) in [6, 6.07) is 36.2. The SMILES string of the molecule is COc1ccc(C2OC[C@@H]([C@@H](OCc3ccccc3)[C@H](OCc3ccccc3)[C@@H](COCc3ccccc3)O[Si](C)(C)C(C)(C)C)O2)cc1OC. The van der Waals surface area contributed by atoms with Crippen molar-refractivity contribution < 1.29 is 37.6 Å². The van der Waals surface area contributed by atoms with Gasteiger partial charge in [0.2, 0.25) is 0 Å². The molecule has 9 heteroatoms. The summed E-state index contributed by atoms with van der Waals surface area (Å²) >= 11 is 0. The van der Waals surface area contributed by atoms with E-state index in [0.717, 1.165) is 22.3 Å². The molecule has 8 nitrogen and oxygen atoms in total. The van der Waals surface area contributed by atoms with Crippen molar-refractivity contribution in [3.8, 4) is 11.5 Å². The predicted molar refractivity (Wildman–Crippen MR) is 201 cm³/mol. The van der Waals surface area contributed by atoms with Crippen molar-refractivity contribution >= 4 is 8.32 Å². The molecular weight excluding hydrogens is 661 g/mol. The van der Waals surface area contributed by atoms with Gasteiger partial charge in [0.1, 0.15) is 18.3 Å². The molecule has 1 saturated heterocycles. The third-order valence-corrected chi connectivity index (χ3v) is 14.2. The number of hydrogen-bond donors (Lipinski definition) is 0. The summed E-state index contributed by atoms with van der Waals surface area (Å²) < 4.78 is 51.6. The van der Waals surface area contributed by atoms with E-state index in [-0.39, 0.29) is 5.04 Å². The molecule has 1 aliphatic rings. The molecule has 274 valence electrons. The lowest BCUT2D eigenvalue weighted by Crippen LogP contribution is -2.55. The lowest BCUT2D eigenvalue weighted by Gasteiger charge is -2.43. The van der Waals surface area contributed by atoms with Crippen molar-refractivity contribution in [3.63, 3.8) is 0 Å². The molecule has 0 radical (unpaired) electrons. The van der Waals surface area contributed by atoms with Crippen molar-refractivity contribution in [1.29, 1.82) is 0 Å². The van der Waals surface area contributed by atoms with Crippen LogP contribution >= 0.6 is 0 Å². The van der Waals surface area contributed by atoms with E-state index in [4.69, 9.17) is 37.6 Å². The zero-order valence-electron chi connectivity index (χ0n) is 31.1. The lowest BCUT2D eigenvalue weighted by atomic mass is 10.0. The quantitative estimate of drug-likeness (QED) is 0.0947. The predicted octanol–water partition coefficient (Wildman–Crippen LogP) is 8.90. The molecular formula is C42H54O8Si. The van der Waals surface area contributed by atoms with Crippen molar-refractivity contribution in [2.24, 2.45) is 0 Å². The molecule has 5 atom stereocenters. The lowest BCUT2D eigenvalue weighted by molar-refractivity contribution is -0.181. The zero-order valence-corrected chi connectivity index (χ0v) is 32.1. The molecule has 1 heterocycles. The van der Waals surface area contributed by atoms with E-state index < -0.39 is 39.0 Å². The number of methoxy groups -OCH3 is 2. The van der Waals surface area contributed by atoms with Crippen LogP contribution in [0.5, 0.6) is 11.5 Å². The Bertz CT molecular complexity index is 1600. The van der Waals surface area contributed by atoms with E-state index in [1.807, 2.05) is 72.8 Å². The van der Waals surface area contributed by atoms with Gasteiger partial charge in [-0.15, -0.1) is 0 Å². The Morgan fingerprint density at radius 1 is 0.706 bits per heavy atom. The topological polar surface area (TPSA) is 73.8 Å². The Kier molecular flexibility index (Phi) is 13.9. The highest BCUT2D eigenvalue weighted by Gasteiger charge is 2.47. The van der Waals surface area contributed by atoms with Gasteiger partial charge in [0.15, 0.2) is 26.1 Å². The van der Waals surface area contributed by atoms with Crippen LogP contribution < -0.4 is 9.47 Å². The minimum atomic E-state index is -2.34. The first-order chi connectivity index (χ1) is 24.6. The van der Waals surface area contributed by atoms with Crippen LogP contribution in [0, 0.1) is 0 Å². The molecule has 5 rings (SSSR count). The second-order valence-corrected chi connectivity index (χ2v) is 19.2. The Labute approximate surface area is 305 Å². The van der Waals surface area contributed by atoms with Gasteiger partial charge in [-0.3, -0.25) is 0 Å². The molecule has 1 unspecified atom stereocenters. The van der Waals surface area contributed by atoms with Crippen molar-refractivity contribution in [1.82, 2.24) is 0 Å².